The predicted octanol–water partition coefficient (Wildman–Crippen LogP) is -1.12. The van der Waals surface area contributed by atoms with Gasteiger partial charge in [0.05, 0.1) is 12.6 Å². The van der Waals surface area contributed by atoms with E-state index < -0.39 is 12.1 Å². The minimum Gasteiger partial charge on any atom is -0.395 e. The molecule has 0 aromatic rings. The molecule has 3 amide bonds. The lowest BCUT2D eigenvalue weighted by Gasteiger charge is -2.29. The molecule has 7 heteroatoms. The van der Waals surface area contributed by atoms with Crippen LogP contribution in [0.2, 0.25) is 0 Å². The molecule has 19 heavy (non-hydrogen) atoms. The molecule has 2 atom stereocenters. The summed E-state index contributed by atoms with van der Waals surface area (Å²) in [5.41, 5.74) is 0. The fourth-order valence-electron chi connectivity index (χ4n) is 2.21. The van der Waals surface area contributed by atoms with Gasteiger partial charge in [-0.25, -0.2) is 4.79 Å². The molecule has 0 aromatic heterocycles. The van der Waals surface area contributed by atoms with Gasteiger partial charge in [0.25, 0.3) is 0 Å². The van der Waals surface area contributed by atoms with Gasteiger partial charge in [-0.05, 0) is 26.3 Å². The quantitative estimate of drug-likeness (QED) is 0.491. The maximum absolute atomic E-state index is 11.9. The number of hydrogen-bond donors (Lipinski definition) is 4. The van der Waals surface area contributed by atoms with Crippen LogP contribution in [-0.2, 0) is 4.79 Å². The van der Waals surface area contributed by atoms with Gasteiger partial charge < -0.3 is 15.7 Å². The summed E-state index contributed by atoms with van der Waals surface area (Å²) >= 11 is 0. The van der Waals surface area contributed by atoms with Crippen LogP contribution in [0.25, 0.3) is 0 Å². The van der Waals surface area contributed by atoms with Gasteiger partial charge in [0, 0.05) is 26.2 Å². The summed E-state index contributed by atoms with van der Waals surface area (Å²) in [6.45, 7) is 3.84. The van der Waals surface area contributed by atoms with Crippen LogP contribution in [0.3, 0.4) is 0 Å². The summed E-state index contributed by atoms with van der Waals surface area (Å²) in [5.74, 6) is -0.356. The normalized spacial score (nSPS) is 20.3. The van der Waals surface area contributed by atoms with Crippen molar-refractivity contribution in [2.45, 2.75) is 31.8 Å². The maximum Gasteiger partial charge on any atom is 0.321 e. The highest BCUT2D eigenvalue weighted by atomic mass is 16.3. The summed E-state index contributed by atoms with van der Waals surface area (Å²) in [5, 5.41) is 17.1. The molecule has 0 aromatic carbocycles. The van der Waals surface area contributed by atoms with Crippen molar-refractivity contribution in [2.75, 3.05) is 33.3 Å². The van der Waals surface area contributed by atoms with Gasteiger partial charge >= 0.3 is 6.03 Å². The van der Waals surface area contributed by atoms with Crippen molar-refractivity contribution >= 4 is 11.9 Å². The second-order valence-corrected chi connectivity index (χ2v) is 4.76. The van der Waals surface area contributed by atoms with Crippen LogP contribution >= 0.6 is 0 Å². The fraction of sp³-hybridized carbons (Fsp3) is 0.833. The largest absolute Gasteiger partial charge is 0.395 e. The molecule has 1 heterocycles. The first-order chi connectivity index (χ1) is 9.08. The van der Waals surface area contributed by atoms with Gasteiger partial charge in [-0.2, -0.15) is 0 Å². The molecular weight excluding hydrogens is 248 g/mol. The van der Waals surface area contributed by atoms with Crippen LogP contribution in [0, 0.1) is 0 Å². The Bertz CT molecular complexity index is 305. The summed E-state index contributed by atoms with van der Waals surface area (Å²) in [7, 11) is 1.46. The Morgan fingerprint density at radius 1 is 1.53 bits per heavy atom. The average Bonchev–Trinajstić information content (AvgIpc) is 2.90. The molecule has 1 fully saturated rings. The molecule has 0 radical (unpaired) electrons. The van der Waals surface area contributed by atoms with Crippen LogP contribution in [0.4, 0.5) is 4.79 Å². The van der Waals surface area contributed by atoms with E-state index in [1.165, 1.54) is 7.05 Å². The highest BCUT2D eigenvalue weighted by molar-refractivity contribution is 5.96. The van der Waals surface area contributed by atoms with E-state index in [0.29, 0.717) is 19.1 Å². The molecule has 1 aliphatic rings. The molecule has 7 nitrogen and oxygen atoms in total. The zero-order valence-corrected chi connectivity index (χ0v) is 11.6. The number of nitrogens with zero attached hydrogens (tertiary/aromatic N) is 1. The molecule has 1 rings (SSSR count). The minimum absolute atomic E-state index is 0.00961. The smallest absolute Gasteiger partial charge is 0.321 e. The number of aliphatic hydroxyl groups is 1. The molecule has 0 spiro atoms. The SMILES string of the molecule is CNC(=O)NC(=O)C(C)N(CCO)CC1CCCN1. The zero-order chi connectivity index (χ0) is 14.3. The van der Waals surface area contributed by atoms with E-state index in [2.05, 4.69) is 16.0 Å². The van der Waals surface area contributed by atoms with Gasteiger partial charge in [0.2, 0.25) is 5.91 Å². The third-order valence-corrected chi connectivity index (χ3v) is 3.40. The van der Waals surface area contributed by atoms with Gasteiger partial charge in [-0.15, -0.1) is 0 Å². The second-order valence-electron chi connectivity index (χ2n) is 4.76. The summed E-state index contributed by atoms with van der Waals surface area (Å²) in [4.78, 5) is 24.9. The van der Waals surface area contributed by atoms with Gasteiger partial charge in [0.1, 0.15) is 0 Å². The van der Waals surface area contributed by atoms with E-state index >= 15 is 0 Å². The van der Waals surface area contributed by atoms with Crippen LogP contribution in [0.15, 0.2) is 0 Å². The highest BCUT2D eigenvalue weighted by Crippen LogP contribution is 2.09. The van der Waals surface area contributed by atoms with Crippen LogP contribution < -0.4 is 16.0 Å². The van der Waals surface area contributed by atoms with E-state index in [1.54, 1.807) is 6.92 Å². The Kier molecular flexibility index (Phi) is 6.75. The molecule has 1 aliphatic heterocycles. The number of carbonyl (C=O) groups is 2. The van der Waals surface area contributed by atoms with Gasteiger partial charge in [-0.3, -0.25) is 15.0 Å². The van der Waals surface area contributed by atoms with E-state index in [9.17, 15) is 9.59 Å². The second kappa shape index (κ2) is 8.08. The number of hydrogen-bond acceptors (Lipinski definition) is 5. The lowest BCUT2D eigenvalue weighted by Crippen LogP contribution is -2.52. The van der Waals surface area contributed by atoms with Crippen molar-refractivity contribution in [3.05, 3.63) is 0 Å². The van der Waals surface area contributed by atoms with Crippen molar-refractivity contribution in [3.8, 4) is 0 Å². The molecule has 110 valence electrons. The molecule has 4 N–H and O–H groups in total. The number of carbonyl (C=O) groups excluding carboxylic acids is 2. The van der Waals surface area contributed by atoms with Crippen molar-refractivity contribution in [1.82, 2.24) is 20.9 Å². The number of rotatable bonds is 6. The Hall–Kier alpha value is -1.18. The molecule has 0 saturated carbocycles. The van der Waals surface area contributed by atoms with Crippen molar-refractivity contribution < 1.29 is 14.7 Å². The number of urea groups is 1. The number of amides is 3. The lowest BCUT2D eigenvalue weighted by atomic mass is 10.1. The first-order valence-electron chi connectivity index (χ1n) is 6.69. The van der Waals surface area contributed by atoms with E-state index in [0.717, 1.165) is 19.4 Å². The van der Waals surface area contributed by atoms with Crippen molar-refractivity contribution in [2.24, 2.45) is 0 Å². The lowest BCUT2D eigenvalue weighted by molar-refractivity contribution is -0.125. The predicted molar refractivity (Wildman–Crippen MR) is 71.7 cm³/mol. The molecule has 1 saturated heterocycles. The third kappa shape index (κ3) is 5.14. The minimum atomic E-state index is -0.514. The first kappa shape index (κ1) is 15.9. The van der Waals surface area contributed by atoms with E-state index in [-0.39, 0.29) is 12.5 Å². The fourth-order valence-corrected chi connectivity index (χ4v) is 2.21. The Labute approximate surface area is 113 Å². The van der Waals surface area contributed by atoms with Crippen molar-refractivity contribution in [1.29, 1.82) is 0 Å². The summed E-state index contributed by atoms with van der Waals surface area (Å²) in [6.07, 6.45) is 2.21. The molecule has 0 aliphatic carbocycles. The van der Waals surface area contributed by atoms with Crippen LogP contribution in [-0.4, -0.2) is 67.3 Å². The summed E-state index contributed by atoms with van der Waals surface area (Å²) in [6, 6.07) is -0.617. The highest BCUT2D eigenvalue weighted by Gasteiger charge is 2.25. The molecule has 2 unspecified atom stereocenters. The Balaban J connectivity index is 2.52. The van der Waals surface area contributed by atoms with Gasteiger partial charge in [0.15, 0.2) is 0 Å². The number of aliphatic hydroxyl groups excluding tert-OH is 1. The maximum atomic E-state index is 11.9. The topological polar surface area (TPSA) is 93.7 Å². The van der Waals surface area contributed by atoms with E-state index in [1.807, 2.05) is 4.90 Å². The van der Waals surface area contributed by atoms with Crippen LogP contribution in [0.5, 0.6) is 0 Å². The third-order valence-electron chi connectivity index (χ3n) is 3.40. The Morgan fingerprint density at radius 2 is 2.26 bits per heavy atom. The summed E-state index contributed by atoms with van der Waals surface area (Å²) < 4.78 is 0. The zero-order valence-electron chi connectivity index (χ0n) is 11.6. The standard InChI is InChI=1S/C12H24N4O3/c1-9(11(18)15-12(19)13-2)16(6-7-17)8-10-4-3-5-14-10/h9-10,14,17H,3-8H2,1-2H3,(H2,13,15,18,19). The van der Waals surface area contributed by atoms with E-state index in [4.69, 9.17) is 5.11 Å². The van der Waals surface area contributed by atoms with Crippen molar-refractivity contribution in [3.63, 3.8) is 0 Å². The first-order valence-corrected chi connectivity index (χ1v) is 6.69. The average molecular weight is 272 g/mol. The number of imide groups is 1. The molecule has 0 bridgehead atoms. The molecular formula is C12H24N4O3. The Morgan fingerprint density at radius 3 is 2.79 bits per heavy atom. The monoisotopic (exact) mass is 272 g/mol. The van der Waals surface area contributed by atoms with Crippen LogP contribution in [0.1, 0.15) is 19.8 Å². The number of nitrogens with one attached hydrogen (secondary N) is 3. The van der Waals surface area contributed by atoms with Gasteiger partial charge in [-0.1, -0.05) is 0 Å².